The fraction of sp³-hybridized carbons (Fsp3) is 0.226. The van der Waals surface area contributed by atoms with E-state index in [1.54, 1.807) is 12.4 Å². The van der Waals surface area contributed by atoms with Crippen molar-refractivity contribution >= 4 is 11.8 Å². The Morgan fingerprint density at radius 3 is 2.05 bits per heavy atom. The number of benzene rings is 2. The number of hydrogen-bond donors (Lipinski definition) is 1. The molecule has 37 heavy (non-hydrogen) atoms. The molecule has 1 aliphatic rings. The summed E-state index contributed by atoms with van der Waals surface area (Å²) in [5, 5.41) is 0. The molecule has 5 rings (SSSR count). The van der Waals surface area contributed by atoms with Gasteiger partial charge in [-0.15, -0.1) is 0 Å². The molecule has 3 heterocycles. The van der Waals surface area contributed by atoms with Gasteiger partial charge in [0.25, 0.3) is 5.91 Å². The van der Waals surface area contributed by atoms with Gasteiger partial charge in [-0.2, -0.15) is 0 Å². The second-order valence-electron chi connectivity index (χ2n) is 9.50. The Labute approximate surface area is 217 Å². The molecule has 6 heteroatoms. The molecule has 1 fully saturated rings. The van der Waals surface area contributed by atoms with E-state index < -0.39 is 0 Å². The third-order valence-corrected chi connectivity index (χ3v) is 7.26. The first-order valence-electron chi connectivity index (χ1n) is 12.7. The minimum atomic E-state index is -0.283. The number of primary amides is 1. The van der Waals surface area contributed by atoms with Crippen LogP contribution >= 0.6 is 0 Å². The Bertz CT molecular complexity index is 1310. The van der Waals surface area contributed by atoms with E-state index in [2.05, 4.69) is 40.3 Å². The van der Waals surface area contributed by atoms with Gasteiger partial charge in [-0.3, -0.25) is 19.6 Å². The lowest BCUT2D eigenvalue weighted by Gasteiger charge is -2.32. The van der Waals surface area contributed by atoms with Crippen molar-refractivity contribution in [1.82, 2.24) is 14.9 Å². The first-order valence-corrected chi connectivity index (χ1v) is 12.7. The van der Waals surface area contributed by atoms with Crippen LogP contribution in [0.25, 0.3) is 11.1 Å². The number of piperidine rings is 1. The minimum Gasteiger partial charge on any atom is -0.369 e. The number of aromatic nitrogens is 2. The molecule has 4 aromatic rings. The Morgan fingerprint density at radius 1 is 0.838 bits per heavy atom. The van der Waals surface area contributed by atoms with E-state index in [0.717, 1.165) is 27.8 Å². The van der Waals surface area contributed by atoms with E-state index in [9.17, 15) is 9.59 Å². The number of nitrogens with two attached hydrogens (primary N) is 1. The van der Waals surface area contributed by atoms with Crippen LogP contribution in [-0.2, 0) is 11.2 Å². The van der Waals surface area contributed by atoms with Crippen LogP contribution in [0.1, 0.15) is 45.8 Å². The summed E-state index contributed by atoms with van der Waals surface area (Å²) in [4.78, 5) is 36.2. The van der Waals surface area contributed by atoms with Gasteiger partial charge in [-0.1, -0.05) is 54.6 Å². The maximum atomic E-state index is 13.9. The highest BCUT2D eigenvalue weighted by Crippen LogP contribution is 2.35. The maximum absolute atomic E-state index is 13.9. The highest BCUT2D eigenvalue weighted by molar-refractivity contribution is 5.98. The van der Waals surface area contributed by atoms with E-state index in [4.69, 9.17) is 5.73 Å². The molecule has 1 saturated heterocycles. The molecule has 0 bridgehead atoms. The predicted octanol–water partition coefficient (Wildman–Crippen LogP) is 4.86. The average Bonchev–Trinajstić information content (AvgIpc) is 2.97. The van der Waals surface area contributed by atoms with E-state index in [1.165, 1.54) is 0 Å². The highest BCUT2D eigenvalue weighted by Gasteiger charge is 2.29. The van der Waals surface area contributed by atoms with Crippen LogP contribution < -0.4 is 5.73 Å². The zero-order valence-corrected chi connectivity index (χ0v) is 20.7. The topological polar surface area (TPSA) is 89.2 Å². The number of amides is 2. The summed E-state index contributed by atoms with van der Waals surface area (Å²) < 4.78 is 0. The van der Waals surface area contributed by atoms with Crippen LogP contribution in [0.3, 0.4) is 0 Å². The Hall–Kier alpha value is -4.32. The fourth-order valence-electron chi connectivity index (χ4n) is 5.23. The zero-order chi connectivity index (χ0) is 25.6. The average molecular weight is 491 g/mol. The molecule has 2 aromatic carbocycles. The van der Waals surface area contributed by atoms with Crippen molar-refractivity contribution in [3.8, 4) is 11.1 Å². The molecule has 0 unspecified atom stereocenters. The minimum absolute atomic E-state index is 0.00757. The van der Waals surface area contributed by atoms with Gasteiger partial charge in [0.1, 0.15) is 0 Å². The third-order valence-electron chi connectivity index (χ3n) is 7.26. The van der Waals surface area contributed by atoms with Crippen molar-refractivity contribution < 1.29 is 9.59 Å². The molecule has 6 nitrogen and oxygen atoms in total. The summed E-state index contributed by atoms with van der Waals surface area (Å²) in [6.45, 7) is 1.05. The standard InChI is InChI=1S/C31H30N4O2/c32-30(36)23-13-17-35(18-14-23)31(37)27-12-4-11-26(22-7-2-1-3-8-22)29(27)19-28(24-9-5-15-33-20-24)25-10-6-16-34-21-25/h1-12,15-16,20-21,23,28H,13-14,17-19H2,(H2,32,36). The van der Waals surface area contributed by atoms with Crippen LogP contribution in [0.5, 0.6) is 0 Å². The summed E-state index contributed by atoms with van der Waals surface area (Å²) in [5.41, 5.74) is 11.4. The Kier molecular flexibility index (Phi) is 7.36. The summed E-state index contributed by atoms with van der Waals surface area (Å²) in [7, 11) is 0. The summed E-state index contributed by atoms with van der Waals surface area (Å²) in [6, 6.07) is 24.2. The number of hydrogen-bond acceptors (Lipinski definition) is 4. The van der Waals surface area contributed by atoms with Gasteiger partial charge >= 0.3 is 0 Å². The largest absolute Gasteiger partial charge is 0.369 e. The van der Waals surface area contributed by atoms with E-state index >= 15 is 0 Å². The lowest BCUT2D eigenvalue weighted by atomic mass is 9.82. The first kappa shape index (κ1) is 24.4. The smallest absolute Gasteiger partial charge is 0.254 e. The molecule has 0 radical (unpaired) electrons. The van der Waals surface area contributed by atoms with Gasteiger partial charge in [-0.25, -0.2) is 0 Å². The van der Waals surface area contributed by atoms with Crippen molar-refractivity contribution in [2.75, 3.05) is 13.1 Å². The van der Waals surface area contributed by atoms with Crippen molar-refractivity contribution in [3.63, 3.8) is 0 Å². The third kappa shape index (κ3) is 5.43. The normalized spacial score (nSPS) is 14.0. The van der Waals surface area contributed by atoms with Gasteiger partial charge in [-0.05, 0) is 65.3 Å². The van der Waals surface area contributed by atoms with Crippen LogP contribution in [0.15, 0.2) is 97.6 Å². The molecule has 0 atom stereocenters. The Balaban J connectivity index is 1.58. The van der Waals surface area contributed by atoms with Gasteiger partial charge in [0.2, 0.25) is 5.91 Å². The van der Waals surface area contributed by atoms with Crippen molar-refractivity contribution in [1.29, 1.82) is 0 Å². The van der Waals surface area contributed by atoms with Crippen molar-refractivity contribution in [3.05, 3.63) is 120 Å². The molecule has 0 aliphatic carbocycles. The van der Waals surface area contributed by atoms with Gasteiger partial charge in [0, 0.05) is 55.3 Å². The van der Waals surface area contributed by atoms with Crippen LogP contribution in [-0.4, -0.2) is 39.8 Å². The van der Waals surface area contributed by atoms with Gasteiger partial charge in [0.05, 0.1) is 0 Å². The number of carbonyl (C=O) groups excluding carboxylic acids is 2. The summed E-state index contributed by atoms with van der Waals surface area (Å²) >= 11 is 0. The molecule has 2 amide bonds. The molecule has 1 aliphatic heterocycles. The highest BCUT2D eigenvalue weighted by atomic mass is 16.2. The molecule has 2 N–H and O–H groups in total. The summed E-state index contributed by atoms with van der Waals surface area (Å²) in [6.07, 6.45) is 9.13. The zero-order valence-electron chi connectivity index (χ0n) is 20.7. The number of carbonyl (C=O) groups is 2. The second-order valence-corrected chi connectivity index (χ2v) is 9.50. The molecule has 186 valence electrons. The van der Waals surface area contributed by atoms with E-state index in [0.29, 0.717) is 37.9 Å². The number of nitrogens with zero attached hydrogens (tertiary/aromatic N) is 3. The first-order chi connectivity index (χ1) is 18.1. The number of likely N-dealkylation sites (tertiary alicyclic amines) is 1. The monoisotopic (exact) mass is 490 g/mol. The number of pyridine rings is 2. The van der Waals surface area contributed by atoms with Crippen LogP contribution in [0.2, 0.25) is 0 Å². The van der Waals surface area contributed by atoms with Gasteiger partial charge in [0.15, 0.2) is 0 Å². The van der Waals surface area contributed by atoms with Crippen LogP contribution in [0, 0.1) is 5.92 Å². The number of rotatable bonds is 7. The Morgan fingerprint density at radius 2 is 1.49 bits per heavy atom. The van der Waals surface area contributed by atoms with Crippen molar-refractivity contribution in [2.45, 2.75) is 25.2 Å². The lowest BCUT2D eigenvalue weighted by molar-refractivity contribution is -0.123. The predicted molar refractivity (Wildman–Crippen MR) is 144 cm³/mol. The summed E-state index contributed by atoms with van der Waals surface area (Å²) in [5.74, 6) is -0.486. The van der Waals surface area contributed by atoms with Crippen molar-refractivity contribution in [2.24, 2.45) is 11.7 Å². The maximum Gasteiger partial charge on any atom is 0.254 e. The van der Waals surface area contributed by atoms with E-state index in [1.807, 2.05) is 59.8 Å². The quantitative estimate of drug-likeness (QED) is 0.401. The molecular formula is C31H30N4O2. The fourth-order valence-corrected chi connectivity index (χ4v) is 5.23. The second kappa shape index (κ2) is 11.2. The van der Waals surface area contributed by atoms with E-state index in [-0.39, 0.29) is 23.7 Å². The molecule has 0 saturated carbocycles. The molecule has 0 spiro atoms. The van der Waals surface area contributed by atoms with Gasteiger partial charge < -0.3 is 10.6 Å². The lowest BCUT2D eigenvalue weighted by Crippen LogP contribution is -2.42. The van der Waals surface area contributed by atoms with Crippen LogP contribution in [0.4, 0.5) is 0 Å². The molecular weight excluding hydrogens is 460 g/mol. The molecule has 2 aromatic heterocycles. The SMILES string of the molecule is NC(=O)C1CCN(C(=O)c2cccc(-c3ccccc3)c2CC(c2cccnc2)c2cccnc2)CC1.